The Kier molecular flexibility index (Phi) is 15.6. The van der Waals surface area contributed by atoms with E-state index in [1.54, 1.807) is 20.3 Å². The van der Waals surface area contributed by atoms with Crippen LogP contribution in [0.25, 0.3) is 0 Å². The molecule has 2 aliphatic heterocycles. The van der Waals surface area contributed by atoms with Crippen LogP contribution in [0.15, 0.2) is 12.1 Å². The first-order valence-corrected chi connectivity index (χ1v) is 19.3. The average molecular weight is 737 g/mol. The van der Waals surface area contributed by atoms with E-state index in [0.29, 0.717) is 57.2 Å². The predicted octanol–water partition coefficient (Wildman–Crippen LogP) is 5.28. The summed E-state index contributed by atoms with van der Waals surface area (Å²) >= 11 is 0. The summed E-state index contributed by atoms with van der Waals surface area (Å²) in [6.07, 6.45) is 2.49. The van der Waals surface area contributed by atoms with Crippen LogP contribution in [0.2, 0.25) is 0 Å². The molecule has 1 spiro atoms. The van der Waals surface area contributed by atoms with Gasteiger partial charge in [0.25, 0.3) is 0 Å². The molecule has 1 aromatic rings. The van der Waals surface area contributed by atoms with Gasteiger partial charge in [0.2, 0.25) is 0 Å². The van der Waals surface area contributed by atoms with Gasteiger partial charge in [0, 0.05) is 43.8 Å². The summed E-state index contributed by atoms with van der Waals surface area (Å²) < 4.78 is 46.1. The standard InChI is InChI=1S/C40H68N2O10/c1-27(2)41-35(39(8,44)38(5,6)7)34(46-10)36-40(15-16-42(29(4)25-40)26-30-12-13-30)32-28(3)11-14-31(33(32)52-36)51-37(43)50-24-23-49-22-21-48-20-19-47-18-17-45-9/h11,14,27,29-30,34-36,41,44H,12-13,15-26H2,1-10H3/t29?,34?,35?,36-,39?,40?/m0/s1. The number of rotatable bonds is 21. The Morgan fingerprint density at radius 2 is 1.62 bits per heavy atom. The fraction of sp³-hybridized carbons (Fsp3) is 0.825. The normalized spacial score (nSPS) is 24.4. The van der Waals surface area contributed by atoms with Gasteiger partial charge in [0.05, 0.1) is 57.9 Å². The third kappa shape index (κ3) is 10.6. The molecule has 0 amide bonds. The lowest BCUT2D eigenvalue weighted by atomic mass is 9.62. The van der Waals surface area contributed by atoms with E-state index < -0.39 is 40.8 Å². The Morgan fingerprint density at radius 1 is 1.00 bits per heavy atom. The number of methoxy groups -OCH3 is 2. The lowest BCUT2D eigenvalue weighted by Crippen LogP contribution is -2.68. The summed E-state index contributed by atoms with van der Waals surface area (Å²) in [6.45, 7) is 21.7. The molecule has 0 radical (unpaired) electrons. The van der Waals surface area contributed by atoms with Crippen LogP contribution in [0.3, 0.4) is 0 Å². The van der Waals surface area contributed by atoms with E-state index in [9.17, 15) is 9.90 Å². The highest BCUT2D eigenvalue weighted by atomic mass is 16.7. The van der Waals surface area contributed by atoms with Crippen molar-refractivity contribution >= 4 is 6.16 Å². The molecular weight excluding hydrogens is 668 g/mol. The molecule has 0 aromatic heterocycles. The maximum Gasteiger partial charge on any atom is 0.514 e. The van der Waals surface area contributed by atoms with Gasteiger partial charge in [0.1, 0.15) is 18.8 Å². The molecule has 52 heavy (non-hydrogen) atoms. The first-order chi connectivity index (χ1) is 24.7. The van der Waals surface area contributed by atoms with Gasteiger partial charge in [-0.3, -0.25) is 0 Å². The molecule has 5 unspecified atom stereocenters. The molecule has 1 saturated carbocycles. The monoisotopic (exact) mass is 736 g/mol. The first-order valence-electron chi connectivity index (χ1n) is 19.3. The second kappa shape index (κ2) is 19.0. The lowest BCUT2D eigenvalue weighted by Gasteiger charge is -2.52. The highest BCUT2D eigenvalue weighted by Gasteiger charge is 2.60. The third-order valence-electron chi connectivity index (χ3n) is 11.3. The van der Waals surface area contributed by atoms with E-state index >= 15 is 0 Å². The number of hydrogen-bond donors (Lipinski definition) is 2. The minimum atomic E-state index is -1.17. The number of piperidine rings is 1. The van der Waals surface area contributed by atoms with Crippen LogP contribution in [0, 0.1) is 18.3 Å². The highest BCUT2D eigenvalue weighted by molar-refractivity contribution is 5.68. The molecule has 12 heteroatoms. The van der Waals surface area contributed by atoms with Crippen LogP contribution < -0.4 is 14.8 Å². The summed E-state index contributed by atoms with van der Waals surface area (Å²) in [5.41, 5.74) is 0.0394. The largest absolute Gasteiger partial charge is 0.514 e. The van der Waals surface area contributed by atoms with Gasteiger partial charge in [-0.05, 0) is 76.0 Å². The summed E-state index contributed by atoms with van der Waals surface area (Å²) in [7, 11) is 3.34. The molecule has 1 saturated heterocycles. The van der Waals surface area contributed by atoms with Gasteiger partial charge < -0.3 is 53.2 Å². The van der Waals surface area contributed by atoms with Crippen molar-refractivity contribution in [3.8, 4) is 11.5 Å². The number of carbonyl (C=O) groups is 1. The Hall–Kier alpha value is -2.03. The van der Waals surface area contributed by atoms with E-state index in [-0.39, 0.29) is 19.3 Å². The van der Waals surface area contributed by atoms with Crippen molar-refractivity contribution in [2.75, 3.05) is 80.2 Å². The number of nitrogens with zero attached hydrogens (tertiary/aromatic N) is 1. The summed E-state index contributed by atoms with van der Waals surface area (Å²) in [5, 5.41) is 15.9. The van der Waals surface area contributed by atoms with Crippen molar-refractivity contribution in [2.45, 2.75) is 122 Å². The van der Waals surface area contributed by atoms with Crippen LogP contribution in [-0.4, -0.2) is 132 Å². The van der Waals surface area contributed by atoms with Crippen LogP contribution in [0.4, 0.5) is 4.79 Å². The topological polar surface area (TPSA) is 126 Å². The van der Waals surface area contributed by atoms with Gasteiger partial charge in [-0.2, -0.15) is 0 Å². The quantitative estimate of drug-likeness (QED) is 0.0970. The number of carbonyl (C=O) groups excluding carboxylic acids is 1. The number of aryl methyl sites for hydroxylation is 1. The molecule has 6 atom stereocenters. The Morgan fingerprint density at radius 3 is 2.15 bits per heavy atom. The van der Waals surface area contributed by atoms with E-state index in [0.717, 1.165) is 43.0 Å². The van der Waals surface area contributed by atoms with E-state index in [4.69, 9.17) is 37.9 Å². The number of likely N-dealkylation sites (tertiary alicyclic amines) is 1. The molecule has 0 bridgehead atoms. The zero-order valence-electron chi connectivity index (χ0n) is 33.6. The molecule has 3 aliphatic rings. The van der Waals surface area contributed by atoms with Crippen LogP contribution >= 0.6 is 0 Å². The summed E-state index contributed by atoms with van der Waals surface area (Å²) in [5.74, 6) is 1.65. The van der Waals surface area contributed by atoms with Crippen molar-refractivity contribution in [3.05, 3.63) is 23.3 Å². The summed E-state index contributed by atoms with van der Waals surface area (Å²) in [6, 6.07) is 3.69. The SMILES string of the molecule is COCCOCCOCCOCCOC(=O)Oc1ccc(C)c2c1O[C@@H](C(OC)C(NC(C)C)C(C)(O)C(C)(C)C)C21CCN(CC2CC2)C(C)C1. The lowest BCUT2D eigenvalue weighted by molar-refractivity contribution is -0.143. The molecule has 2 heterocycles. The molecule has 1 aromatic carbocycles. The molecule has 12 nitrogen and oxygen atoms in total. The molecule has 2 fully saturated rings. The molecule has 1 aliphatic carbocycles. The van der Waals surface area contributed by atoms with Crippen LogP contribution in [0.1, 0.15) is 85.3 Å². The van der Waals surface area contributed by atoms with E-state index in [2.05, 4.69) is 58.7 Å². The van der Waals surface area contributed by atoms with Crippen molar-refractivity contribution in [1.29, 1.82) is 0 Å². The van der Waals surface area contributed by atoms with Crippen molar-refractivity contribution in [2.24, 2.45) is 11.3 Å². The number of nitrogens with one attached hydrogen (secondary N) is 1. The average Bonchev–Trinajstić information content (AvgIpc) is 3.84. The van der Waals surface area contributed by atoms with Gasteiger partial charge in [0.15, 0.2) is 11.5 Å². The third-order valence-corrected chi connectivity index (χ3v) is 11.3. The molecule has 2 N–H and O–H groups in total. The zero-order valence-corrected chi connectivity index (χ0v) is 33.6. The van der Waals surface area contributed by atoms with Crippen molar-refractivity contribution < 1.29 is 47.8 Å². The predicted molar refractivity (Wildman–Crippen MR) is 200 cm³/mol. The minimum absolute atomic E-state index is 0.0327. The number of ether oxygens (including phenoxy) is 8. The van der Waals surface area contributed by atoms with E-state index in [1.165, 1.54) is 12.8 Å². The Balaban J connectivity index is 1.51. The number of aliphatic hydroxyl groups is 1. The molecule has 298 valence electrons. The zero-order chi connectivity index (χ0) is 38.1. The van der Waals surface area contributed by atoms with E-state index in [1.807, 2.05) is 13.0 Å². The second-order valence-corrected chi connectivity index (χ2v) is 16.4. The first kappa shape index (κ1) is 42.7. The fourth-order valence-corrected chi connectivity index (χ4v) is 7.78. The van der Waals surface area contributed by atoms with Gasteiger partial charge in [-0.15, -0.1) is 0 Å². The highest BCUT2D eigenvalue weighted by Crippen LogP contribution is 2.57. The molecule has 4 rings (SSSR count). The van der Waals surface area contributed by atoms with Crippen molar-refractivity contribution in [1.82, 2.24) is 10.2 Å². The fourth-order valence-electron chi connectivity index (χ4n) is 7.78. The Bertz CT molecular complexity index is 1270. The van der Waals surface area contributed by atoms with Gasteiger partial charge >= 0.3 is 6.16 Å². The molecular formula is C40H68N2O10. The second-order valence-electron chi connectivity index (χ2n) is 16.4. The van der Waals surface area contributed by atoms with Crippen molar-refractivity contribution in [3.63, 3.8) is 0 Å². The van der Waals surface area contributed by atoms with Crippen LogP contribution in [-0.2, 0) is 33.8 Å². The smallest absolute Gasteiger partial charge is 0.482 e. The maximum atomic E-state index is 13.0. The van der Waals surface area contributed by atoms with Crippen LogP contribution in [0.5, 0.6) is 11.5 Å². The number of hydrogen-bond acceptors (Lipinski definition) is 12. The number of fused-ring (bicyclic) bond motifs is 2. The van der Waals surface area contributed by atoms with Gasteiger partial charge in [-0.25, -0.2) is 4.79 Å². The Labute approximate surface area is 312 Å². The van der Waals surface area contributed by atoms with Gasteiger partial charge in [-0.1, -0.05) is 40.7 Å². The maximum absolute atomic E-state index is 13.0. The summed E-state index contributed by atoms with van der Waals surface area (Å²) in [4.78, 5) is 15.6. The number of benzene rings is 1. The minimum Gasteiger partial charge on any atom is -0.482 e.